The molecule has 0 spiro atoms. The zero-order valence-electron chi connectivity index (χ0n) is 39.2. The van der Waals surface area contributed by atoms with Crippen molar-refractivity contribution in [3.63, 3.8) is 0 Å². The molecule has 8 rings (SSSR count). The van der Waals surface area contributed by atoms with Crippen molar-refractivity contribution in [3.8, 4) is 39.4 Å². The van der Waals surface area contributed by atoms with Gasteiger partial charge in [0.2, 0.25) is 5.78 Å². The number of anilines is 2. The monoisotopic (exact) mass is 1050 g/mol. The number of carbonyl (C=O) groups is 2. The molecule has 22 heteroatoms. The molecule has 72 heavy (non-hydrogen) atoms. The molecule has 372 valence electrons. The number of ketones is 1. The van der Waals surface area contributed by atoms with Crippen molar-refractivity contribution in [1.82, 2.24) is 14.5 Å². The minimum Gasteiger partial charge on any atom is -0.496 e. The van der Waals surface area contributed by atoms with E-state index in [2.05, 4.69) is 9.97 Å². The summed E-state index contributed by atoms with van der Waals surface area (Å²) in [5.74, 6) is -7.04. The van der Waals surface area contributed by atoms with Crippen molar-refractivity contribution >= 4 is 74.5 Å². The summed E-state index contributed by atoms with van der Waals surface area (Å²) in [6, 6.07) is 10.8. The number of pyridine rings is 3. The Bertz CT molecular complexity index is 3520. The van der Waals surface area contributed by atoms with Crippen LogP contribution in [0.4, 0.5) is 34.6 Å². The van der Waals surface area contributed by atoms with Gasteiger partial charge in [-0.05, 0) is 85.3 Å². The summed E-state index contributed by atoms with van der Waals surface area (Å²) in [6.07, 6.45) is 3.02. The lowest BCUT2D eigenvalue weighted by molar-refractivity contribution is -0.491. The average Bonchev–Trinajstić information content (AvgIpc) is 3.31. The first-order valence-electron chi connectivity index (χ1n) is 21.5. The molecule has 1 atom stereocenters. The van der Waals surface area contributed by atoms with Crippen LogP contribution in [0.25, 0.3) is 38.8 Å². The SMILES string of the molecule is COc1cccc(F)c1-c1c(Cl)cc2c(Cl)c([N+](=O)[O-])c(=O)n(-c3c(C)ccnc3C(C)C)c2c1F.COc1cccc(F)c1-c1c(Cl)cc2c(c1F)N(c1c(C)ccnc1C(C)C)C(=O)C([N+](=O)[O-])C2=O. The normalized spacial score (nSPS) is 13.3. The lowest BCUT2D eigenvalue weighted by Crippen LogP contribution is -2.50. The third-order valence-corrected chi connectivity index (χ3v) is 12.8. The molecule has 15 nitrogen and oxygen atoms in total. The summed E-state index contributed by atoms with van der Waals surface area (Å²) in [5.41, 5.74) is -3.01. The second-order valence-corrected chi connectivity index (χ2v) is 18.0. The van der Waals surface area contributed by atoms with Crippen LogP contribution in [0.15, 0.2) is 77.9 Å². The molecule has 0 saturated carbocycles. The van der Waals surface area contributed by atoms with Crippen molar-refractivity contribution in [1.29, 1.82) is 0 Å². The second kappa shape index (κ2) is 20.3. The van der Waals surface area contributed by atoms with Gasteiger partial charge in [0, 0.05) is 33.8 Å². The van der Waals surface area contributed by atoms with Crippen LogP contribution in [0, 0.1) is 57.3 Å². The number of carbonyl (C=O) groups excluding carboxylic acids is 2. The quantitative estimate of drug-likeness (QED) is 0.0548. The Balaban J connectivity index is 0.000000211. The molecular weight excluding hydrogens is 1010 g/mol. The van der Waals surface area contributed by atoms with Gasteiger partial charge >= 0.3 is 23.2 Å². The minimum atomic E-state index is -2.32. The van der Waals surface area contributed by atoms with Crippen LogP contribution in [0.5, 0.6) is 11.5 Å². The van der Waals surface area contributed by atoms with Crippen LogP contribution in [0.3, 0.4) is 0 Å². The van der Waals surface area contributed by atoms with E-state index in [1.54, 1.807) is 39.8 Å². The Labute approximate surface area is 421 Å². The first-order chi connectivity index (χ1) is 34.0. The fraction of sp³-hybridized carbons (Fsp3) is 0.220. The van der Waals surface area contributed by atoms with Crippen LogP contribution >= 0.6 is 34.8 Å². The van der Waals surface area contributed by atoms with Crippen LogP contribution in [-0.2, 0) is 4.79 Å². The number of fused-ring (bicyclic) bond motifs is 2. The number of benzene rings is 4. The molecule has 0 bridgehead atoms. The smallest absolute Gasteiger partial charge is 0.353 e. The highest BCUT2D eigenvalue weighted by molar-refractivity contribution is 6.39. The summed E-state index contributed by atoms with van der Waals surface area (Å²) < 4.78 is 74.1. The molecule has 0 fully saturated rings. The standard InChI is InChI=1S/C25H19Cl2F2N3O4.C25H20ClF2N3O5/c1-11(2)21-22(12(3)8-9-30-21)31-23-13(19(27)24(25(31)33)32(34)35)10-14(26)17(20(23)29)18-15(28)6-5-7-16(18)36-4;1-11(2)20-21(12(3)8-9-29-20)30-22-13(24(32)23(25(30)33)31(34)35)10-14(26)17(19(22)28)18-15(27)6-5-7-16(18)36-4/h5-11H,1-4H3;5-11,23H,1-4H3. The van der Waals surface area contributed by atoms with Gasteiger partial charge in [-0.1, -0.05) is 74.6 Å². The van der Waals surface area contributed by atoms with Gasteiger partial charge in [0.05, 0.1) is 79.8 Å². The first-order valence-corrected chi connectivity index (χ1v) is 22.7. The Morgan fingerprint density at radius 1 is 0.681 bits per heavy atom. The highest BCUT2D eigenvalue weighted by Gasteiger charge is 2.51. The third-order valence-electron chi connectivity index (χ3n) is 11.8. The van der Waals surface area contributed by atoms with E-state index < -0.39 is 89.4 Å². The molecule has 0 aliphatic carbocycles. The number of hydrogen-bond donors (Lipinski definition) is 0. The summed E-state index contributed by atoms with van der Waals surface area (Å²) in [6.45, 7) is 10.5. The molecular formula is C50H39Cl3F4N6O9. The van der Waals surface area contributed by atoms with Gasteiger partial charge in [0.1, 0.15) is 28.2 Å². The van der Waals surface area contributed by atoms with Gasteiger partial charge in [-0.25, -0.2) is 17.6 Å². The van der Waals surface area contributed by atoms with Gasteiger partial charge in [0.15, 0.2) is 11.6 Å². The summed E-state index contributed by atoms with van der Waals surface area (Å²) in [4.78, 5) is 71.2. The maximum atomic E-state index is 16.5. The van der Waals surface area contributed by atoms with Crippen molar-refractivity contribution in [2.75, 3.05) is 19.1 Å². The fourth-order valence-corrected chi connectivity index (χ4v) is 9.44. The van der Waals surface area contributed by atoms with E-state index in [0.717, 1.165) is 27.7 Å². The van der Waals surface area contributed by atoms with Crippen molar-refractivity contribution < 1.29 is 46.5 Å². The maximum absolute atomic E-state index is 16.5. The Morgan fingerprint density at radius 3 is 1.65 bits per heavy atom. The van der Waals surface area contributed by atoms with Gasteiger partial charge in [0.25, 0.3) is 0 Å². The van der Waals surface area contributed by atoms with E-state index >= 15 is 8.78 Å². The lowest BCUT2D eigenvalue weighted by atomic mass is 9.90. The van der Waals surface area contributed by atoms with Gasteiger partial charge < -0.3 is 9.47 Å². The molecule has 4 heterocycles. The molecule has 1 amide bonds. The Hall–Kier alpha value is -7.48. The summed E-state index contributed by atoms with van der Waals surface area (Å²) in [7, 11) is 2.55. The predicted molar refractivity (Wildman–Crippen MR) is 263 cm³/mol. The number of hydrogen-bond acceptors (Lipinski definition) is 11. The van der Waals surface area contributed by atoms with Gasteiger partial charge in [-0.2, -0.15) is 0 Å². The largest absolute Gasteiger partial charge is 0.496 e. The highest BCUT2D eigenvalue weighted by Crippen LogP contribution is 2.49. The van der Waals surface area contributed by atoms with Crippen LogP contribution in [0.2, 0.25) is 15.1 Å². The minimum absolute atomic E-state index is 0.00233. The second-order valence-electron chi connectivity index (χ2n) is 16.8. The van der Waals surface area contributed by atoms with E-state index in [4.69, 9.17) is 44.3 Å². The van der Waals surface area contributed by atoms with Crippen LogP contribution in [0.1, 0.15) is 72.4 Å². The average molecular weight is 1050 g/mol. The number of ether oxygens (including phenoxy) is 2. The summed E-state index contributed by atoms with van der Waals surface area (Å²) >= 11 is 19.0. The van der Waals surface area contributed by atoms with Gasteiger partial charge in [-0.15, -0.1) is 0 Å². The van der Waals surface area contributed by atoms with E-state index in [9.17, 15) is 43.4 Å². The molecule has 0 radical (unpaired) electrons. The number of Topliss-reactive ketones (excluding diaryl/α,β-unsaturated/α-hetero) is 1. The number of methoxy groups -OCH3 is 2. The molecule has 7 aromatic rings. The Kier molecular flexibility index (Phi) is 14.8. The zero-order valence-corrected chi connectivity index (χ0v) is 41.4. The third kappa shape index (κ3) is 8.74. The maximum Gasteiger partial charge on any atom is 0.353 e. The lowest BCUT2D eigenvalue weighted by Gasteiger charge is -2.33. The topological polar surface area (TPSA) is 190 Å². The van der Waals surface area contributed by atoms with Crippen LogP contribution < -0.4 is 19.9 Å². The van der Waals surface area contributed by atoms with Crippen molar-refractivity contribution in [2.24, 2.45) is 0 Å². The number of nitro groups is 2. The molecule has 0 N–H and O–H groups in total. The van der Waals surface area contributed by atoms with Crippen molar-refractivity contribution in [2.45, 2.75) is 59.4 Å². The van der Waals surface area contributed by atoms with E-state index in [1.165, 1.54) is 56.9 Å². The van der Waals surface area contributed by atoms with Crippen LogP contribution in [-0.4, -0.2) is 56.3 Å². The van der Waals surface area contributed by atoms with E-state index in [-0.39, 0.29) is 66.8 Å². The molecule has 4 aromatic carbocycles. The van der Waals surface area contributed by atoms with Crippen molar-refractivity contribution in [3.05, 3.63) is 170 Å². The summed E-state index contributed by atoms with van der Waals surface area (Å²) in [5, 5.41) is 22.2. The number of rotatable bonds is 10. The number of aromatic nitrogens is 3. The Morgan fingerprint density at radius 2 is 1.17 bits per heavy atom. The first kappa shape index (κ1) is 52.3. The highest BCUT2D eigenvalue weighted by atomic mass is 35.5. The molecule has 1 aliphatic heterocycles. The zero-order chi connectivity index (χ0) is 52.9. The molecule has 0 saturated heterocycles. The van der Waals surface area contributed by atoms with E-state index in [0.29, 0.717) is 22.5 Å². The fourth-order valence-electron chi connectivity index (χ4n) is 8.57. The number of amides is 1. The number of nitrogens with zero attached hydrogens (tertiary/aromatic N) is 6. The number of aryl methyl sites for hydroxylation is 2. The molecule has 1 unspecified atom stereocenters. The predicted octanol–water partition coefficient (Wildman–Crippen LogP) is 12.6. The van der Waals surface area contributed by atoms with E-state index in [1.807, 2.05) is 13.8 Å². The molecule has 1 aliphatic rings. The number of halogens is 7. The molecule has 3 aromatic heterocycles. The van der Waals surface area contributed by atoms with Gasteiger partial charge in [-0.3, -0.25) is 54.0 Å².